The molecule has 0 unspecified atom stereocenters. The van der Waals surface area contributed by atoms with Gasteiger partial charge in [0.05, 0.1) is 12.7 Å². The van der Waals surface area contributed by atoms with Gasteiger partial charge in [-0.2, -0.15) is 0 Å². The van der Waals surface area contributed by atoms with Gasteiger partial charge in [-0.1, -0.05) is 13.3 Å². The van der Waals surface area contributed by atoms with E-state index < -0.39 is 0 Å². The van der Waals surface area contributed by atoms with Crippen molar-refractivity contribution in [2.24, 2.45) is 0 Å². The lowest BCUT2D eigenvalue weighted by atomic mass is 9.96. The lowest BCUT2D eigenvalue weighted by Gasteiger charge is -2.11. The highest BCUT2D eigenvalue weighted by molar-refractivity contribution is 5.88. The molecule has 0 aliphatic carbocycles. The molecule has 0 bridgehead atoms. The number of hydrogen-bond donors (Lipinski definition) is 0. The molecule has 0 aliphatic rings. The molecule has 3 nitrogen and oxygen atoms in total. The average molecular weight is 220 g/mol. The summed E-state index contributed by atoms with van der Waals surface area (Å²) >= 11 is 0. The Morgan fingerprint density at radius 1 is 1.25 bits per heavy atom. The van der Waals surface area contributed by atoms with E-state index in [1.165, 1.54) is 7.11 Å². The van der Waals surface area contributed by atoms with E-state index in [4.69, 9.17) is 4.74 Å². The zero-order chi connectivity index (χ0) is 12.0. The predicted molar refractivity (Wildman–Crippen MR) is 62.4 cm³/mol. The van der Waals surface area contributed by atoms with E-state index in [0.717, 1.165) is 37.4 Å². The Morgan fingerprint density at radius 2 is 2.00 bits per heavy atom. The summed E-state index contributed by atoms with van der Waals surface area (Å²) in [5.41, 5.74) is 1.88. The first-order valence-electron chi connectivity index (χ1n) is 5.38. The van der Waals surface area contributed by atoms with E-state index >= 15 is 0 Å². The first-order chi connectivity index (χ1) is 7.78. The molecule has 1 rings (SSSR count). The van der Waals surface area contributed by atoms with Gasteiger partial charge in [-0.15, -0.1) is 0 Å². The van der Waals surface area contributed by atoms with E-state index in [9.17, 15) is 9.59 Å². The summed E-state index contributed by atoms with van der Waals surface area (Å²) in [5, 5.41) is 0. The van der Waals surface area contributed by atoms with Crippen LogP contribution in [0.1, 0.15) is 46.0 Å². The minimum atomic E-state index is 0.501. The van der Waals surface area contributed by atoms with Gasteiger partial charge in [-0.3, -0.25) is 9.59 Å². The largest absolute Gasteiger partial charge is 0.496 e. The zero-order valence-electron chi connectivity index (χ0n) is 9.66. The molecule has 0 N–H and O–H groups in total. The topological polar surface area (TPSA) is 43.4 Å². The molecule has 1 aromatic carbocycles. The summed E-state index contributed by atoms with van der Waals surface area (Å²) < 4.78 is 5.11. The highest BCUT2D eigenvalue weighted by atomic mass is 16.5. The van der Waals surface area contributed by atoms with Crippen LogP contribution in [0.4, 0.5) is 0 Å². The van der Waals surface area contributed by atoms with Gasteiger partial charge in [-0.05, 0) is 30.5 Å². The summed E-state index contributed by atoms with van der Waals surface area (Å²) in [7, 11) is 1.52. The number of aldehydes is 2. The Morgan fingerprint density at radius 3 is 2.50 bits per heavy atom. The molecule has 1 aromatic rings. The van der Waals surface area contributed by atoms with Crippen LogP contribution < -0.4 is 4.74 Å². The van der Waals surface area contributed by atoms with Crippen molar-refractivity contribution in [3.05, 3.63) is 28.8 Å². The second kappa shape index (κ2) is 6.05. The SMILES string of the molecule is CCCCc1c(C=O)ccc(OC)c1C=O. The molecule has 3 heteroatoms. The number of carbonyl (C=O) groups is 2. The number of unbranched alkanes of at least 4 members (excludes halogenated alkanes) is 1. The van der Waals surface area contributed by atoms with Gasteiger partial charge < -0.3 is 4.74 Å². The minimum Gasteiger partial charge on any atom is -0.496 e. The highest BCUT2D eigenvalue weighted by Crippen LogP contribution is 2.24. The van der Waals surface area contributed by atoms with Gasteiger partial charge in [0, 0.05) is 5.56 Å². The highest BCUT2D eigenvalue weighted by Gasteiger charge is 2.12. The maximum atomic E-state index is 11.0. The maximum Gasteiger partial charge on any atom is 0.154 e. The van der Waals surface area contributed by atoms with Crippen LogP contribution in [0, 0.1) is 0 Å². The molecular formula is C13H16O3. The Bertz CT molecular complexity index is 383. The number of rotatable bonds is 6. The van der Waals surface area contributed by atoms with Crippen molar-refractivity contribution < 1.29 is 14.3 Å². The third kappa shape index (κ3) is 2.48. The number of carbonyl (C=O) groups excluding carboxylic acids is 2. The van der Waals surface area contributed by atoms with E-state index in [1.54, 1.807) is 12.1 Å². The number of methoxy groups -OCH3 is 1. The van der Waals surface area contributed by atoms with Gasteiger partial charge >= 0.3 is 0 Å². The van der Waals surface area contributed by atoms with E-state index in [0.29, 0.717) is 16.9 Å². The minimum absolute atomic E-state index is 0.501. The Labute approximate surface area is 95.4 Å². The van der Waals surface area contributed by atoms with Gasteiger partial charge in [0.2, 0.25) is 0 Å². The zero-order valence-corrected chi connectivity index (χ0v) is 9.66. The monoisotopic (exact) mass is 220 g/mol. The Kier molecular flexibility index (Phi) is 4.70. The molecule has 86 valence electrons. The molecule has 0 saturated heterocycles. The lowest BCUT2D eigenvalue weighted by Crippen LogP contribution is -2.02. The molecule has 0 spiro atoms. The first-order valence-corrected chi connectivity index (χ1v) is 5.38. The van der Waals surface area contributed by atoms with Crippen LogP contribution in [0.2, 0.25) is 0 Å². The maximum absolute atomic E-state index is 11.0. The van der Waals surface area contributed by atoms with Crippen molar-refractivity contribution in [2.75, 3.05) is 7.11 Å². The van der Waals surface area contributed by atoms with Crippen LogP contribution in [0.3, 0.4) is 0 Å². The summed E-state index contributed by atoms with van der Waals surface area (Å²) in [6.07, 6.45) is 4.26. The van der Waals surface area contributed by atoms with E-state index in [1.807, 2.05) is 0 Å². The molecule has 16 heavy (non-hydrogen) atoms. The third-order valence-electron chi connectivity index (χ3n) is 2.60. The summed E-state index contributed by atoms with van der Waals surface area (Å²) in [6, 6.07) is 3.35. The van der Waals surface area contributed by atoms with Crippen molar-refractivity contribution in [3.8, 4) is 5.75 Å². The van der Waals surface area contributed by atoms with Crippen LogP contribution >= 0.6 is 0 Å². The van der Waals surface area contributed by atoms with Crippen molar-refractivity contribution in [2.45, 2.75) is 26.2 Å². The van der Waals surface area contributed by atoms with Crippen LogP contribution in [-0.4, -0.2) is 19.7 Å². The molecule has 0 fully saturated rings. The number of hydrogen-bond acceptors (Lipinski definition) is 3. The Balaban J connectivity index is 3.24. The standard InChI is InChI=1S/C13H16O3/c1-3-4-5-11-10(8-14)6-7-13(16-2)12(11)9-15/h6-9H,3-5H2,1-2H3. The fourth-order valence-electron chi connectivity index (χ4n) is 1.71. The summed E-state index contributed by atoms with van der Waals surface area (Å²) in [4.78, 5) is 21.9. The smallest absolute Gasteiger partial charge is 0.154 e. The molecule has 0 atom stereocenters. The normalized spacial score (nSPS) is 9.88. The lowest BCUT2D eigenvalue weighted by molar-refractivity contribution is 0.111. The molecular weight excluding hydrogens is 204 g/mol. The van der Waals surface area contributed by atoms with Crippen molar-refractivity contribution in [1.29, 1.82) is 0 Å². The number of ether oxygens (including phenoxy) is 1. The van der Waals surface area contributed by atoms with Gasteiger partial charge in [0.25, 0.3) is 0 Å². The summed E-state index contributed by atoms with van der Waals surface area (Å²) in [6.45, 7) is 2.07. The molecule has 0 radical (unpaired) electrons. The molecule has 0 heterocycles. The summed E-state index contributed by atoms with van der Waals surface area (Å²) in [5.74, 6) is 0.534. The van der Waals surface area contributed by atoms with E-state index in [2.05, 4.69) is 6.92 Å². The first kappa shape index (κ1) is 12.4. The molecule has 0 saturated carbocycles. The van der Waals surface area contributed by atoms with Crippen LogP contribution in [0.15, 0.2) is 12.1 Å². The molecule has 0 aromatic heterocycles. The fraction of sp³-hybridized carbons (Fsp3) is 0.385. The number of benzene rings is 1. The van der Waals surface area contributed by atoms with Crippen LogP contribution in [-0.2, 0) is 6.42 Å². The third-order valence-corrected chi connectivity index (χ3v) is 2.60. The fourth-order valence-corrected chi connectivity index (χ4v) is 1.71. The molecule has 0 amide bonds. The van der Waals surface area contributed by atoms with Gasteiger partial charge in [-0.25, -0.2) is 0 Å². The van der Waals surface area contributed by atoms with Crippen LogP contribution in [0.25, 0.3) is 0 Å². The van der Waals surface area contributed by atoms with Crippen molar-refractivity contribution in [3.63, 3.8) is 0 Å². The van der Waals surface area contributed by atoms with E-state index in [-0.39, 0.29) is 0 Å². The van der Waals surface area contributed by atoms with Crippen LogP contribution in [0.5, 0.6) is 5.75 Å². The van der Waals surface area contributed by atoms with Crippen molar-refractivity contribution >= 4 is 12.6 Å². The second-order valence-corrected chi connectivity index (χ2v) is 3.59. The van der Waals surface area contributed by atoms with Gasteiger partial charge in [0.1, 0.15) is 12.0 Å². The van der Waals surface area contributed by atoms with Gasteiger partial charge in [0.15, 0.2) is 6.29 Å². The molecule has 0 aliphatic heterocycles. The second-order valence-electron chi connectivity index (χ2n) is 3.59. The predicted octanol–water partition coefficient (Wildman–Crippen LogP) is 2.66. The Hall–Kier alpha value is -1.64. The van der Waals surface area contributed by atoms with Crippen molar-refractivity contribution in [1.82, 2.24) is 0 Å². The average Bonchev–Trinajstić information content (AvgIpc) is 2.34. The quantitative estimate of drug-likeness (QED) is 0.692.